The molecule has 0 bridgehead atoms. The van der Waals surface area contributed by atoms with Gasteiger partial charge in [-0.25, -0.2) is 14.1 Å². The molecule has 1 aliphatic heterocycles. The Kier molecular flexibility index (Phi) is 9.85. The van der Waals surface area contributed by atoms with Gasteiger partial charge in [-0.3, -0.25) is 18.9 Å². The minimum atomic E-state index is -4.40. The number of aromatic nitrogens is 3. The molecule has 3 heterocycles. The Balaban J connectivity index is 1.73. The number of nitriles is 1. The summed E-state index contributed by atoms with van der Waals surface area (Å²) in [5, 5.41) is 17.2. The van der Waals surface area contributed by atoms with Crippen LogP contribution in [0.2, 0.25) is 0 Å². The van der Waals surface area contributed by atoms with Gasteiger partial charge in [-0.05, 0) is 38.1 Å². The summed E-state index contributed by atoms with van der Waals surface area (Å²) in [7, 11) is -4.40. The van der Waals surface area contributed by atoms with E-state index in [1.807, 2.05) is 6.07 Å². The summed E-state index contributed by atoms with van der Waals surface area (Å²) < 4.78 is 48.9. The van der Waals surface area contributed by atoms with Crippen LogP contribution in [0.15, 0.2) is 48.8 Å². The van der Waals surface area contributed by atoms with Crippen molar-refractivity contribution >= 4 is 37.0 Å². The van der Waals surface area contributed by atoms with Crippen LogP contribution in [0, 0.1) is 11.3 Å². The summed E-state index contributed by atoms with van der Waals surface area (Å²) in [6.07, 6.45) is -3.18. The number of hydrogen-bond donors (Lipinski definition) is 2. The second-order valence-electron chi connectivity index (χ2n) is 9.57. The minimum absolute atomic E-state index is 0.0766. The van der Waals surface area contributed by atoms with E-state index in [2.05, 4.69) is 15.2 Å². The standard InChI is InChI=1S/C27H31N6O10P/c1-5-38-26(36)16(2)32-44(37,43-19-9-7-6-8-10-19)39-13-21-23(40-17(3)34)24(41-18(4)35)27(14-28,42-21)22-12-11-20-25(29)30-15-31-33(20)22/h6-12,15-16,21,23-24H,5,13H2,1-4H3,(H,32,37)(H2,29,30,31)/t16-,21+,23+,24+,27-,44?/m0/s1. The van der Waals surface area contributed by atoms with Crippen molar-refractivity contribution in [2.45, 2.75) is 57.6 Å². The third-order valence-corrected chi connectivity index (χ3v) is 8.04. The number of nitrogens with two attached hydrogens (primary N) is 1. The van der Waals surface area contributed by atoms with E-state index in [0.29, 0.717) is 5.52 Å². The monoisotopic (exact) mass is 630 g/mol. The summed E-state index contributed by atoms with van der Waals surface area (Å²) in [6.45, 7) is 4.68. The van der Waals surface area contributed by atoms with Gasteiger partial charge in [0.05, 0.1) is 18.9 Å². The van der Waals surface area contributed by atoms with Crippen molar-refractivity contribution < 1.29 is 46.9 Å². The molecule has 1 unspecified atom stereocenters. The molecule has 6 atom stereocenters. The number of fused-ring (bicyclic) bond motifs is 1. The van der Waals surface area contributed by atoms with E-state index in [1.165, 1.54) is 35.7 Å². The van der Waals surface area contributed by atoms with Crippen LogP contribution >= 0.6 is 7.75 Å². The molecule has 44 heavy (non-hydrogen) atoms. The van der Waals surface area contributed by atoms with Crippen molar-refractivity contribution in [1.82, 2.24) is 19.7 Å². The van der Waals surface area contributed by atoms with Gasteiger partial charge in [-0.1, -0.05) is 18.2 Å². The number of nitrogens with zero attached hydrogens (tertiary/aromatic N) is 4. The molecule has 234 valence electrons. The number of nitrogen functional groups attached to an aromatic ring is 1. The largest absolute Gasteiger partial charge is 0.465 e. The molecule has 1 aromatic carbocycles. The fourth-order valence-electron chi connectivity index (χ4n) is 4.61. The molecular formula is C27H31N6O10P. The van der Waals surface area contributed by atoms with Gasteiger partial charge in [0.25, 0.3) is 0 Å². The van der Waals surface area contributed by atoms with E-state index in [0.717, 1.165) is 20.2 Å². The molecule has 4 rings (SSSR count). The van der Waals surface area contributed by atoms with E-state index < -0.39 is 62.2 Å². The highest BCUT2D eigenvalue weighted by Crippen LogP contribution is 2.48. The van der Waals surface area contributed by atoms with Crippen LogP contribution in [-0.2, 0) is 48.0 Å². The number of benzene rings is 1. The Hall–Kier alpha value is -4.55. The quantitative estimate of drug-likeness (QED) is 0.166. The summed E-state index contributed by atoms with van der Waals surface area (Å²) in [4.78, 5) is 40.7. The van der Waals surface area contributed by atoms with Crippen molar-refractivity contribution in [2.75, 3.05) is 18.9 Å². The first kappa shape index (κ1) is 32.4. The van der Waals surface area contributed by atoms with E-state index in [1.54, 1.807) is 25.1 Å². The van der Waals surface area contributed by atoms with Crippen molar-refractivity contribution in [2.24, 2.45) is 0 Å². The Morgan fingerprint density at radius 1 is 1.18 bits per heavy atom. The normalized spacial score (nSPS) is 23.2. The van der Waals surface area contributed by atoms with Crippen LogP contribution in [0.3, 0.4) is 0 Å². The predicted molar refractivity (Wildman–Crippen MR) is 151 cm³/mol. The van der Waals surface area contributed by atoms with Crippen LogP contribution in [0.5, 0.6) is 5.75 Å². The van der Waals surface area contributed by atoms with Gasteiger partial charge in [-0.15, -0.1) is 0 Å². The third-order valence-electron chi connectivity index (χ3n) is 6.40. The van der Waals surface area contributed by atoms with Crippen LogP contribution in [0.25, 0.3) is 5.52 Å². The Bertz CT molecular complexity index is 1610. The second kappa shape index (κ2) is 13.4. The van der Waals surface area contributed by atoms with Crippen LogP contribution in [0.1, 0.15) is 33.4 Å². The maximum absolute atomic E-state index is 14.0. The molecule has 1 saturated heterocycles. The zero-order valence-electron chi connectivity index (χ0n) is 24.2. The lowest BCUT2D eigenvalue weighted by atomic mass is 9.92. The van der Waals surface area contributed by atoms with Gasteiger partial charge in [0.15, 0.2) is 18.0 Å². The molecular weight excluding hydrogens is 599 g/mol. The molecule has 0 amide bonds. The van der Waals surface area contributed by atoms with Gasteiger partial charge in [0.2, 0.25) is 5.60 Å². The highest BCUT2D eigenvalue weighted by molar-refractivity contribution is 7.52. The molecule has 16 nitrogen and oxygen atoms in total. The van der Waals surface area contributed by atoms with Gasteiger partial charge >= 0.3 is 25.7 Å². The Labute approximate surface area is 251 Å². The Morgan fingerprint density at radius 2 is 1.89 bits per heavy atom. The highest BCUT2D eigenvalue weighted by atomic mass is 31.2. The van der Waals surface area contributed by atoms with Crippen molar-refractivity contribution in [3.8, 4) is 11.8 Å². The first-order valence-electron chi connectivity index (χ1n) is 13.4. The molecule has 3 aromatic rings. The average molecular weight is 631 g/mol. The topological polar surface area (TPSA) is 216 Å². The number of hydrogen-bond acceptors (Lipinski definition) is 14. The molecule has 0 spiro atoms. The molecule has 2 aromatic heterocycles. The summed E-state index contributed by atoms with van der Waals surface area (Å²) >= 11 is 0. The molecule has 3 N–H and O–H groups in total. The summed E-state index contributed by atoms with van der Waals surface area (Å²) in [6, 6.07) is 11.9. The molecule has 1 fully saturated rings. The van der Waals surface area contributed by atoms with Gasteiger partial charge < -0.3 is 29.2 Å². The lowest BCUT2D eigenvalue weighted by molar-refractivity contribution is -0.166. The van der Waals surface area contributed by atoms with Crippen LogP contribution < -0.4 is 15.3 Å². The van der Waals surface area contributed by atoms with Gasteiger partial charge in [0, 0.05) is 13.8 Å². The zero-order chi connectivity index (χ0) is 32.1. The van der Waals surface area contributed by atoms with E-state index >= 15 is 0 Å². The van der Waals surface area contributed by atoms with Crippen LogP contribution in [0.4, 0.5) is 5.82 Å². The number of anilines is 1. The maximum Gasteiger partial charge on any atom is 0.459 e. The summed E-state index contributed by atoms with van der Waals surface area (Å²) in [5.74, 6) is -2.08. The second-order valence-corrected chi connectivity index (χ2v) is 11.3. The minimum Gasteiger partial charge on any atom is -0.465 e. The molecule has 0 aliphatic carbocycles. The van der Waals surface area contributed by atoms with E-state index in [9.17, 15) is 24.2 Å². The van der Waals surface area contributed by atoms with E-state index in [-0.39, 0.29) is 23.9 Å². The molecule has 0 saturated carbocycles. The van der Waals surface area contributed by atoms with Crippen molar-refractivity contribution in [1.29, 1.82) is 5.26 Å². The number of nitrogens with one attached hydrogen (secondary N) is 1. The zero-order valence-corrected chi connectivity index (χ0v) is 25.1. The number of carbonyl (C=O) groups is 3. The number of rotatable bonds is 12. The SMILES string of the molecule is CCOC(=O)[C@H](C)NP(=O)(OC[C@H]1O[C@@](C#N)(c2ccc3c(N)ncnn23)[C@H](OC(C)=O)[C@@H]1OC(C)=O)Oc1ccccc1. The Morgan fingerprint density at radius 3 is 2.52 bits per heavy atom. The number of carbonyl (C=O) groups excluding carboxylic acids is 3. The summed E-state index contributed by atoms with van der Waals surface area (Å²) in [5.41, 5.74) is 4.25. The molecule has 17 heteroatoms. The van der Waals surface area contributed by atoms with Gasteiger partial charge in [0.1, 0.15) is 35.8 Å². The number of para-hydroxylation sites is 1. The van der Waals surface area contributed by atoms with Crippen molar-refractivity contribution in [3.05, 3.63) is 54.5 Å². The number of esters is 3. The highest BCUT2D eigenvalue weighted by Gasteiger charge is 2.62. The van der Waals surface area contributed by atoms with Gasteiger partial charge in [-0.2, -0.15) is 15.4 Å². The molecule has 0 radical (unpaired) electrons. The smallest absolute Gasteiger partial charge is 0.459 e. The van der Waals surface area contributed by atoms with E-state index in [4.69, 9.17) is 33.7 Å². The average Bonchev–Trinajstić information content (AvgIpc) is 3.53. The van der Waals surface area contributed by atoms with Crippen LogP contribution in [-0.4, -0.2) is 70.1 Å². The fourth-order valence-corrected chi connectivity index (χ4v) is 6.11. The number of ether oxygens (including phenoxy) is 4. The maximum atomic E-state index is 14.0. The molecule has 1 aliphatic rings. The first-order chi connectivity index (χ1) is 20.9. The lowest BCUT2D eigenvalue weighted by Gasteiger charge is -2.28. The van der Waals surface area contributed by atoms with Crippen molar-refractivity contribution in [3.63, 3.8) is 0 Å². The fraction of sp³-hybridized carbons (Fsp3) is 0.407. The third kappa shape index (κ3) is 6.81. The first-order valence-corrected chi connectivity index (χ1v) is 14.9. The predicted octanol–water partition coefficient (Wildman–Crippen LogP) is 2.04. The lowest BCUT2D eigenvalue weighted by Crippen LogP contribution is -2.45.